The standard InChI is InChI=1S/C14H17ClFN3O2/c1-2-17-14(21)19-7-5-18(6-8-19)13(20)11-9-10(15)3-4-12(11)16/h3-4,9H,2,5-8H2,1H3,(H,17,21). The molecule has 0 unspecified atom stereocenters. The SMILES string of the molecule is CCNC(=O)N1CCN(C(=O)c2cc(Cl)ccc2F)CC1. The first-order valence-electron chi connectivity index (χ1n) is 6.80. The van der Waals surface area contributed by atoms with Gasteiger partial charge in [-0.05, 0) is 25.1 Å². The number of piperazine rings is 1. The van der Waals surface area contributed by atoms with Gasteiger partial charge in [-0.25, -0.2) is 9.18 Å². The Kier molecular flexibility index (Phi) is 5.01. The van der Waals surface area contributed by atoms with Gasteiger partial charge in [-0.2, -0.15) is 0 Å². The molecule has 1 aromatic carbocycles. The van der Waals surface area contributed by atoms with Gasteiger partial charge >= 0.3 is 6.03 Å². The highest BCUT2D eigenvalue weighted by atomic mass is 35.5. The van der Waals surface area contributed by atoms with Crippen LogP contribution in [-0.4, -0.2) is 54.5 Å². The third-order valence-electron chi connectivity index (χ3n) is 3.34. The summed E-state index contributed by atoms with van der Waals surface area (Å²) in [6, 6.07) is 3.77. The van der Waals surface area contributed by atoms with Gasteiger partial charge in [0.2, 0.25) is 0 Å². The van der Waals surface area contributed by atoms with Crippen molar-refractivity contribution >= 4 is 23.5 Å². The third kappa shape index (κ3) is 3.64. The first-order valence-corrected chi connectivity index (χ1v) is 7.17. The van der Waals surface area contributed by atoms with Gasteiger partial charge in [-0.1, -0.05) is 11.6 Å². The fourth-order valence-corrected chi connectivity index (χ4v) is 2.38. The van der Waals surface area contributed by atoms with Gasteiger partial charge in [0.15, 0.2) is 0 Å². The molecule has 1 aliphatic rings. The van der Waals surface area contributed by atoms with Crippen molar-refractivity contribution in [2.75, 3.05) is 32.7 Å². The number of urea groups is 1. The van der Waals surface area contributed by atoms with Crippen LogP contribution in [0.15, 0.2) is 18.2 Å². The minimum absolute atomic E-state index is 0.0334. The minimum atomic E-state index is -0.587. The van der Waals surface area contributed by atoms with Gasteiger partial charge in [0.25, 0.3) is 5.91 Å². The molecule has 3 amide bonds. The number of halogens is 2. The number of hydrogen-bond acceptors (Lipinski definition) is 2. The molecule has 1 saturated heterocycles. The summed E-state index contributed by atoms with van der Waals surface area (Å²) in [4.78, 5) is 27.1. The average molecular weight is 314 g/mol. The molecular weight excluding hydrogens is 297 g/mol. The van der Waals surface area contributed by atoms with Crippen LogP contribution < -0.4 is 5.32 Å². The van der Waals surface area contributed by atoms with Crippen LogP contribution in [0.1, 0.15) is 17.3 Å². The molecular formula is C14H17ClFN3O2. The summed E-state index contributed by atoms with van der Waals surface area (Å²) >= 11 is 5.80. The molecule has 2 rings (SSSR count). The largest absolute Gasteiger partial charge is 0.338 e. The number of hydrogen-bond donors (Lipinski definition) is 1. The molecule has 5 nitrogen and oxygen atoms in total. The van der Waals surface area contributed by atoms with E-state index in [1.807, 2.05) is 6.92 Å². The second-order valence-electron chi connectivity index (χ2n) is 4.74. The van der Waals surface area contributed by atoms with Crippen molar-refractivity contribution < 1.29 is 14.0 Å². The minimum Gasteiger partial charge on any atom is -0.338 e. The highest BCUT2D eigenvalue weighted by Crippen LogP contribution is 2.17. The van der Waals surface area contributed by atoms with Crippen molar-refractivity contribution in [3.8, 4) is 0 Å². The summed E-state index contributed by atoms with van der Waals surface area (Å²) < 4.78 is 13.7. The number of amides is 3. The van der Waals surface area contributed by atoms with Crippen LogP contribution in [0.5, 0.6) is 0 Å². The molecule has 1 fully saturated rings. The van der Waals surface area contributed by atoms with E-state index < -0.39 is 11.7 Å². The van der Waals surface area contributed by atoms with E-state index in [1.54, 1.807) is 4.90 Å². The maximum absolute atomic E-state index is 13.7. The highest BCUT2D eigenvalue weighted by Gasteiger charge is 2.26. The zero-order valence-corrected chi connectivity index (χ0v) is 12.5. The van der Waals surface area contributed by atoms with Gasteiger partial charge in [-0.15, -0.1) is 0 Å². The molecule has 1 N–H and O–H groups in total. The fourth-order valence-electron chi connectivity index (χ4n) is 2.21. The van der Waals surface area contributed by atoms with E-state index in [9.17, 15) is 14.0 Å². The second-order valence-corrected chi connectivity index (χ2v) is 5.18. The molecule has 1 aliphatic heterocycles. The van der Waals surface area contributed by atoms with Crippen LogP contribution in [0, 0.1) is 5.82 Å². The van der Waals surface area contributed by atoms with E-state index in [0.29, 0.717) is 37.7 Å². The molecule has 0 saturated carbocycles. The molecule has 0 bridgehead atoms. The topological polar surface area (TPSA) is 52.7 Å². The van der Waals surface area contributed by atoms with Crippen molar-refractivity contribution in [3.05, 3.63) is 34.6 Å². The highest BCUT2D eigenvalue weighted by molar-refractivity contribution is 6.31. The van der Waals surface area contributed by atoms with E-state index in [0.717, 1.165) is 0 Å². The molecule has 1 heterocycles. The van der Waals surface area contributed by atoms with Crippen LogP contribution in [0.4, 0.5) is 9.18 Å². The number of rotatable bonds is 2. The molecule has 0 atom stereocenters. The van der Waals surface area contributed by atoms with Gasteiger partial charge in [-0.3, -0.25) is 4.79 Å². The lowest BCUT2D eigenvalue weighted by atomic mass is 10.1. The monoisotopic (exact) mass is 313 g/mol. The average Bonchev–Trinajstić information content (AvgIpc) is 2.49. The first kappa shape index (κ1) is 15.6. The lowest BCUT2D eigenvalue weighted by molar-refractivity contribution is 0.0660. The number of nitrogens with one attached hydrogen (secondary N) is 1. The molecule has 21 heavy (non-hydrogen) atoms. The van der Waals surface area contributed by atoms with E-state index >= 15 is 0 Å². The summed E-state index contributed by atoms with van der Waals surface area (Å²) in [7, 11) is 0. The Morgan fingerprint density at radius 2 is 1.86 bits per heavy atom. The molecule has 7 heteroatoms. The predicted octanol–water partition coefficient (Wildman–Crippen LogP) is 1.97. The van der Waals surface area contributed by atoms with Crippen molar-refractivity contribution in [2.24, 2.45) is 0 Å². The van der Waals surface area contributed by atoms with Gasteiger partial charge in [0.05, 0.1) is 5.56 Å². The Morgan fingerprint density at radius 3 is 2.48 bits per heavy atom. The summed E-state index contributed by atoms with van der Waals surface area (Å²) in [5.74, 6) is -0.985. The van der Waals surface area contributed by atoms with Crippen molar-refractivity contribution in [1.29, 1.82) is 0 Å². The van der Waals surface area contributed by atoms with Gasteiger partial charge < -0.3 is 15.1 Å². The Balaban J connectivity index is 2.00. The Labute approximate surface area is 127 Å². The molecule has 0 aromatic heterocycles. The fraction of sp³-hybridized carbons (Fsp3) is 0.429. The molecule has 0 radical (unpaired) electrons. The number of carbonyl (C=O) groups is 2. The smallest absolute Gasteiger partial charge is 0.317 e. The van der Waals surface area contributed by atoms with Crippen molar-refractivity contribution in [3.63, 3.8) is 0 Å². The molecule has 1 aromatic rings. The van der Waals surface area contributed by atoms with Gasteiger partial charge in [0.1, 0.15) is 5.82 Å². The summed E-state index contributed by atoms with van der Waals surface area (Å²) in [6.45, 7) is 4.02. The van der Waals surface area contributed by atoms with E-state index in [4.69, 9.17) is 11.6 Å². The van der Waals surface area contributed by atoms with E-state index in [2.05, 4.69) is 5.32 Å². The second kappa shape index (κ2) is 6.76. The quantitative estimate of drug-likeness (QED) is 0.907. The summed E-state index contributed by atoms with van der Waals surface area (Å²) in [5, 5.41) is 3.03. The number of benzene rings is 1. The van der Waals surface area contributed by atoms with E-state index in [-0.39, 0.29) is 11.6 Å². The van der Waals surface area contributed by atoms with Crippen LogP contribution >= 0.6 is 11.6 Å². The number of nitrogens with zero attached hydrogens (tertiary/aromatic N) is 2. The normalized spacial score (nSPS) is 15.0. The molecule has 0 aliphatic carbocycles. The lowest BCUT2D eigenvalue weighted by Gasteiger charge is -2.34. The van der Waals surface area contributed by atoms with Crippen LogP contribution in [-0.2, 0) is 0 Å². The maximum Gasteiger partial charge on any atom is 0.317 e. The maximum atomic E-state index is 13.7. The van der Waals surface area contributed by atoms with Crippen LogP contribution in [0.2, 0.25) is 5.02 Å². The van der Waals surface area contributed by atoms with Crippen LogP contribution in [0.25, 0.3) is 0 Å². The first-order chi connectivity index (χ1) is 10.0. The Morgan fingerprint density at radius 1 is 1.24 bits per heavy atom. The molecule has 0 spiro atoms. The predicted molar refractivity (Wildman–Crippen MR) is 78.0 cm³/mol. The Hall–Kier alpha value is -1.82. The van der Waals surface area contributed by atoms with Crippen molar-refractivity contribution in [2.45, 2.75) is 6.92 Å². The van der Waals surface area contributed by atoms with Crippen LogP contribution in [0.3, 0.4) is 0 Å². The summed E-state index contributed by atoms with van der Waals surface area (Å²) in [5.41, 5.74) is -0.0334. The lowest BCUT2D eigenvalue weighted by Crippen LogP contribution is -2.53. The zero-order chi connectivity index (χ0) is 15.4. The Bertz CT molecular complexity index is 545. The zero-order valence-electron chi connectivity index (χ0n) is 11.7. The van der Waals surface area contributed by atoms with Crippen molar-refractivity contribution in [1.82, 2.24) is 15.1 Å². The van der Waals surface area contributed by atoms with E-state index in [1.165, 1.54) is 23.1 Å². The number of carbonyl (C=O) groups excluding carboxylic acids is 2. The van der Waals surface area contributed by atoms with Gasteiger partial charge in [0, 0.05) is 37.7 Å². The molecule has 114 valence electrons. The summed E-state index contributed by atoms with van der Waals surface area (Å²) in [6.07, 6.45) is 0. The third-order valence-corrected chi connectivity index (χ3v) is 3.58.